The van der Waals surface area contributed by atoms with Crippen LogP contribution in [0.25, 0.3) is 0 Å². The Kier molecular flexibility index (Phi) is 6.24. The quantitative estimate of drug-likeness (QED) is 0.806. The number of ether oxygens (including phenoxy) is 2. The molecule has 7 nitrogen and oxygen atoms in total. The number of carbonyl (C=O) groups excluding carboxylic acids is 1. The first kappa shape index (κ1) is 19.6. The highest BCUT2D eigenvalue weighted by Gasteiger charge is 2.26. The molecule has 1 saturated heterocycles. The largest absolute Gasteiger partial charge is 0.494 e. The summed E-state index contributed by atoms with van der Waals surface area (Å²) in [5.74, 6) is 1.67. The molecule has 2 aliphatic rings. The first-order valence-electron chi connectivity index (χ1n) is 10.4. The number of hydrogen-bond donors (Lipinski definition) is 1. The summed E-state index contributed by atoms with van der Waals surface area (Å²) in [6, 6.07) is 7.85. The van der Waals surface area contributed by atoms with Crippen LogP contribution in [-0.4, -0.2) is 48.8 Å². The summed E-state index contributed by atoms with van der Waals surface area (Å²) < 4.78 is 10.9. The lowest BCUT2D eigenvalue weighted by molar-refractivity contribution is -0.125. The number of hydrogen-bond acceptors (Lipinski definition) is 6. The minimum Gasteiger partial charge on any atom is -0.494 e. The van der Waals surface area contributed by atoms with Crippen molar-refractivity contribution in [3.05, 3.63) is 47.3 Å². The lowest BCUT2D eigenvalue weighted by Crippen LogP contribution is -2.38. The molecule has 1 aromatic heterocycles. The van der Waals surface area contributed by atoms with E-state index in [-0.39, 0.29) is 11.8 Å². The van der Waals surface area contributed by atoms with Crippen LogP contribution >= 0.6 is 0 Å². The summed E-state index contributed by atoms with van der Waals surface area (Å²) in [4.78, 5) is 24.2. The fourth-order valence-electron chi connectivity index (χ4n) is 3.88. The van der Waals surface area contributed by atoms with Gasteiger partial charge in [-0.1, -0.05) is 12.1 Å². The second-order valence-corrected chi connectivity index (χ2v) is 7.48. The SMILES string of the molecule is CCOc1cccc(CNC(=O)[C@@H]2CCc3nc(N4CCOCC4)ncc3C2)c1. The third kappa shape index (κ3) is 4.85. The molecule has 7 heteroatoms. The van der Waals surface area contributed by atoms with Gasteiger partial charge in [0.2, 0.25) is 11.9 Å². The summed E-state index contributed by atoms with van der Waals surface area (Å²) in [6.45, 7) is 6.19. The number of amides is 1. The number of morpholine rings is 1. The molecule has 29 heavy (non-hydrogen) atoms. The molecular weight excluding hydrogens is 368 g/mol. The van der Waals surface area contributed by atoms with Gasteiger partial charge in [0.25, 0.3) is 0 Å². The number of aromatic nitrogens is 2. The maximum absolute atomic E-state index is 12.7. The van der Waals surface area contributed by atoms with Gasteiger partial charge >= 0.3 is 0 Å². The molecule has 0 unspecified atom stereocenters. The van der Waals surface area contributed by atoms with E-state index in [4.69, 9.17) is 14.5 Å². The van der Waals surface area contributed by atoms with Crippen LogP contribution in [0.15, 0.2) is 30.5 Å². The van der Waals surface area contributed by atoms with Crippen LogP contribution in [0.2, 0.25) is 0 Å². The molecule has 1 aliphatic carbocycles. The van der Waals surface area contributed by atoms with Gasteiger partial charge in [-0.2, -0.15) is 0 Å². The van der Waals surface area contributed by atoms with Crippen molar-refractivity contribution in [1.82, 2.24) is 15.3 Å². The second kappa shape index (κ2) is 9.22. The monoisotopic (exact) mass is 396 g/mol. The highest BCUT2D eigenvalue weighted by atomic mass is 16.5. The molecule has 1 N–H and O–H groups in total. The van der Waals surface area contributed by atoms with Crippen LogP contribution in [0, 0.1) is 5.92 Å². The maximum atomic E-state index is 12.7. The van der Waals surface area contributed by atoms with Crippen LogP contribution in [0.4, 0.5) is 5.95 Å². The predicted octanol–water partition coefficient (Wildman–Crippen LogP) is 2.13. The molecule has 1 aliphatic heterocycles. The van der Waals surface area contributed by atoms with Crippen LogP contribution in [0.1, 0.15) is 30.2 Å². The lowest BCUT2D eigenvalue weighted by Gasteiger charge is -2.28. The van der Waals surface area contributed by atoms with Crippen molar-refractivity contribution in [2.75, 3.05) is 37.8 Å². The Labute approximate surface area is 171 Å². The number of carbonyl (C=O) groups is 1. The highest BCUT2D eigenvalue weighted by Crippen LogP contribution is 2.26. The van der Waals surface area contributed by atoms with Crippen LogP contribution in [0.3, 0.4) is 0 Å². The van der Waals surface area contributed by atoms with Crippen LogP contribution in [0.5, 0.6) is 5.75 Å². The Bertz CT molecular complexity index is 852. The number of rotatable bonds is 6. The van der Waals surface area contributed by atoms with E-state index in [0.717, 1.165) is 67.7 Å². The predicted molar refractivity (Wildman–Crippen MR) is 110 cm³/mol. The summed E-state index contributed by atoms with van der Waals surface area (Å²) in [7, 11) is 0. The summed E-state index contributed by atoms with van der Waals surface area (Å²) in [5, 5.41) is 3.07. The van der Waals surface area contributed by atoms with Crippen LogP contribution in [-0.2, 0) is 28.9 Å². The number of aryl methyl sites for hydroxylation is 1. The Morgan fingerprint density at radius 2 is 2.21 bits per heavy atom. The van der Waals surface area contributed by atoms with Gasteiger partial charge in [-0.15, -0.1) is 0 Å². The topological polar surface area (TPSA) is 76.6 Å². The van der Waals surface area contributed by atoms with Crippen molar-refractivity contribution in [3.8, 4) is 5.75 Å². The van der Waals surface area contributed by atoms with Crippen molar-refractivity contribution in [2.24, 2.45) is 5.92 Å². The molecule has 1 fully saturated rings. The number of nitrogens with zero attached hydrogens (tertiary/aromatic N) is 3. The Hall–Kier alpha value is -2.67. The second-order valence-electron chi connectivity index (χ2n) is 7.48. The minimum absolute atomic E-state index is 0.0320. The molecule has 0 bridgehead atoms. The number of anilines is 1. The fourth-order valence-corrected chi connectivity index (χ4v) is 3.88. The molecule has 1 aromatic carbocycles. The van der Waals surface area contributed by atoms with Gasteiger partial charge in [0.15, 0.2) is 0 Å². The standard InChI is InChI=1S/C22H28N4O3/c1-2-29-19-5-3-4-16(12-19)14-23-21(27)17-6-7-20-18(13-17)15-24-22(25-20)26-8-10-28-11-9-26/h3-5,12,15,17H,2,6-11,13-14H2,1H3,(H,23,27)/t17-/m1/s1. The van der Waals surface area contributed by atoms with Gasteiger partial charge in [0.05, 0.1) is 19.8 Å². The van der Waals surface area contributed by atoms with Gasteiger partial charge in [-0.05, 0) is 49.4 Å². The maximum Gasteiger partial charge on any atom is 0.225 e. The first-order valence-corrected chi connectivity index (χ1v) is 10.4. The molecule has 2 heterocycles. The molecule has 154 valence electrons. The van der Waals surface area contributed by atoms with Gasteiger partial charge in [0.1, 0.15) is 5.75 Å². The van der Waals surface area contributed by atoms with E-state index >= 15 is 0 Å². The Balaban J connectivity index is 1.34. The molecule has 2 aromatic rings. The molecule has 4 rings (SSSR count). The van der Waals surface area contributed by atoms with E-state index < -0.39 is 0 Å². The summed E-state index contributed by atoms with van der Waals surface area (Å²) in [5.41, 5.74) is 3.21. The van der Waals surface area contributed by atoms with E-state index in [1.54, 1.807) is 0 Å². The van der Waals surface area contributed by atoms with Crippen molar-refractivity contribution in [1.29, 1.82) is 0 Å². The summed E-state index contributed by atoms with van der Waals surface area (Å²) in [6.07, 6.45) is 4.23. The minimum atomic E-state index is -0.0320. The Morgan fingerprint density at radius 3 is 3.03 bits per heavy atom. The zero-order valence-electron chi connectivity index (χ0n) is 16.9. The van der Waals surface area contributed by atoms with E-state index in [1.807, 2.05) is 37.4 Å². The van der Waals surface area contributed by atoms with Crippen molar-refractivity contribution >= 4 is 11.9 Å². The number of nitrogens with one attached hydrogen (secondary N) is 1. The van der Waals surface area contributed by atoms with Crippen LogP contribution < -0.4 is 15.0 Å². The number of benzene rings is 1. The molecule has 0 saturated carbocycles. The highest BCUT2D eigenvalue weighted by molar-refractivity contribution is 5.79. The van der Waals surface area contributed by atoms with Gasteiger partial charge in [-0.3, -0.25) is 4.79 Å². The van der Waals surface area contributed by atoms with E-state index in [9.17, 15) is 4.79 Å². The van der Waals surface area contributed by atoms with E-state index in [0.29, 0.717) is 19.6 Å². The molecule has 1 atom stereocenters. The number of fused-ring (bicyclic) bond motifs is 1. The van der Waals surface area contributed by atoms with Gasteiger partial charge < -0.3 is 19.7 Å². The molecular formula is C22H28N4O3. The van der Waals surface area contributed by atoms with E-state index in [1.165, 1.54) is 0 Å². The van der Waals surface area contributed by atoms with Crippen molar-refractivity contribution in [3.63, 3.8) is 0 Å². The lowest BCUT2D eigenvalue weighted by atomic mass is 9.86. The first-order chi connectivity index (χ1) is 14.2. The Morgan fingerprint density at radius 1 is 1.34 bits per heavy atom. The average molecular weight is 396 g/mol. The van der Waals surface area contributed by atoms with Gasteiger partial charge in [0, 0.05) is 37.4 Å². The van der Waals surface area contributed by atoms with E-state index in [2.05, 4.69) is 15.2 Å². The van der Waals surface area contributed by atoms with Gasteiger partial charge in [-0.25, -0.2) is 9.97 Å². The third-order valence-electron chi connectivity index (χ3n) is 5.48. The zero-order valence-corrected chi connectivity index (χ0v) is 16.9. The fraction of sp³-hybridized carbons (Fsp3) is 0.500. The van der Waals surface area contributed by atoms with Crippen molar-refractivity contribution < 1.29 is 14.3 Å². The smallest absolute Gasteiger partial charge is 0.225 e. The van der Waals surface area contributed by atoms with Crippen molar-refractivity contribution in [2.45, 2.75) is 32.7 Å². The summed E-state index contributed by atoms with van der Waals surface area (Å²) >= 11 is 0. The molecule has 0 spiro atoms. The normalized spacial score (nSPS) is 18.8. The molecule has 1 amide bonds. The zero-order chi connectivity index (χ0) is 20.1. The third-order valence-corrected chi connectivity index (χ3v) is 5.48. The molecule has 0 radical (unpaired) electrons. The average Bonchev–Trinajstić information content (AvgIpc) is 2.78.